The van der Waals surface area contributed by atoms with Crippen molar-refractivity contribution >= 4 is 11.6 Å². The second kappa shape index (κ2) is 8.11. The Hall–Kier alpha value is -3.41. The van der Waals surface area contributed by atoms with Gasteiger partial charge in [-0.3, -0.25) is 4.79 Å². The Kier molecular flexibility index (Phi) is 5.43. The van der Waals surface area contributed by atoms with Crippen LogP contribution in [-0.2, 0) is 6.61 Å². The van der Waals surface area contributed by atoms with Crippen LogP contribution in [0.25, 0.3) is 0 Å². The molecule has 3 rings (SSSR count). The molecular formula is C20H17FN2O3. The van der Waals surface area contributed by atoms with E-state index in [1.807, 2.05) is 0 Å². The van der Waals surface area contributed by atoms with Gasteiger partial charge in [0.15, 0.2) is 0 Å². The van der Waals surface area contributed by atoms with Gasteiger partial charge in [0.2, 0.25) is 5.88 Å². The number of hydrogen-bond acceptors (Lipinski definition) is 4. The number of para-hydroxylation sites is 1. The van der Waals surface area contributed by atoms with Crippen molar-refractivity contribution in [3.8, 4) is 11.6 Å². The van der Waals surface area contributed by atoms with Gasteiger partial charge in [0.25, 0.3) is 5.91 Å². The number of hydrogen-bond donors (Lipinski definition) is 1. The van der Waals surface area contributed by atoms with Crippen LogP contribution in [0.5, 0.6) is 11.6 Å². The third-order valence-electron chi connectivity index (χ3n) is 3.64. The molecule has 0 spiro atoms. The first-order valence-electron chi connectivity index (χ1n) is 7.93. The van der Waals surface area contributed by atoms with Crippen LogP contribution in [0.3, 0.4) is 0 Å². The lowest BCUT2D eigenvalue weighted by Crippen LogP contribution is -2.13. The van der Waals surface area contributed by atoms with Crippen LogP contribution in [0.4, 0.5) is 10.1 Å². The largest absolute Gasteiger partial charge is 0.488 e. The molecule has 5 nitrogen and oxygen atoms in total. The molecule has 2 aromatic carbocycles. The van der Waals surface area contributed by atoms with E-state index in [1.54, 1.807) is 48.5 Å². The number of carbonyl (C=O) groups excluding carboxylic acids is 1. The molecule has 0 aliphatic rings. The van der Waals surface area contributed by atoms with Gasteiger partial charge >= 0.3 is 0 Å². The predicted molar refractivity (Wildman–Crippen MR) is 95.9 cm³/mol. The number of nitrogens with zero attached hydrogens (tertiary/aromatic N) is 1. The quantitative estimate of drug-likeness (QED) is 0.727. The molecule has 132 valence electrons. The van der Waals surface area contributed by atoms with Crippen LogP contribution in [0.15, 0.2) is 66.9 Å². The van der Waals surface area contributed by atoms with E-state index in [-0.39, 0.29) is 18.3 Å². The van der Waals surface area contributed by atoms with Gasteiger partial charge in [0.1, 0.15) is 18.2 Å². The van der Waals surface area contributed by atoms with Gasteiger partial charge in [-0.25, -0.2) is 9.37 Å². The number of rotatable bonds is 6. The normalized spacial score (nSPS) is 10.2. The molecule has 0 atom stereocenters. The van der Waals surface area contributed by atoms with Gasteiger partial charge < -0.3 is 14.8 Å². The molecule has 0 radical (unpaired) electrons. The Balaban J connectivity index is 1.70. The van der Waals surface area contributed by atoms with Gasteiger partial charge in [0, 0.05) is 6.07 Å². The van der Waals surface area contributed by atoms with E-state index < -0.39 is 0 Å². The number of halogens is 1. The van der Waals surface area contributed by atoms with E-state index in [0.717, 1.165) is 5.56 Å². The first kappa shape index (κ1) is 17.4. The maximum Gasteiger partial charge on any atom is 0.259 e. The molecule has 0 fully saturated rings. The fourth-order valence-electron chi connectivity index (χ4n) is 2.30. The molecule has 0 saturated heterocycles. The number of nitrogens with one attached hydrogen (secondary N) is 1. The number of carbonyl (C=O) groups is 1. The zero-order valence-corrected chi connectivity index (χ0v) is 14.1. The van der Waals surface area contributed by atoms with Crippen molar-refractivity contribution in [3.05, 3.63) is 83.8 Å². The third kappa shape index (κ3) is 4.36. The molecule has 26 heavy (non-hydrogen) atoms. The molecule has 1 N–H and O–H groups in total. The van der Waals surface area contributed by atoms with Crippen LogP contribution in [0, 0.1) is 5.82 Å². The average Bonchev–Trinajstić information content (AvgIpc) is 2.68. The second-order valence-electron chi connectivity index (χ2n) is 5.45. The zero-order valence-electron chi connectivity index (χ0n) is 14.1. The number of amides is 1. The standard InChI is InChI=1S/C20H17FN2O3/c1-25-19-11-10-16(12-22-19)23-20(24)17-4-2-3-5-18(17)26-13-14-6-8-15(21)9-7-14/h2-12H,13H2,1H3,(H,23,24). The van der Waals surface area contributed by atoms with Crippen molar-refractivity contribution < 1.29 is 18.7 Å². The van der Waals surface area contributed by atoms with Gasteiger partial charge in [-0.1, -0.05) is 24.3 Å². The Labute approximate surface area is 150 Å². The number of ether oxygens (including phenoxy) is 2. The summed E-state index contributed by atoms with van der Waals surface area (Å²) in [6.07, 6.45) is 1.51. The highest BCUT2D eigenvalue weighted by molar-refractivity contribution is 6.06. The maximum atomic E-state index is 13.0. The Morgan fingerprint density at radius 3 is 2.54 bits per heavy atom. The number of pyridine rings is 1. The highest BCUT2D eigenvalue weighted by Crippen LogP contribution is 2.21. The van der Waals surface area contributed by atoms with Crippen molar-refractivity contribution in [1.82, 2.24) is 4.98 Å². The minimum Gasteiger partial charge on any atom is -0.488 e. The van der Waals surface area contributed by atoms with E-state index in [2.05, 4.69) is 10.3 Å². The molecule has 0 aliphatic heterocycles. The van der Waals surface area contributed by atoms with E-state index >= 15 is 0 Å². The topological polar surface area (TPSA) is 60.5 Å². The van der Waals surface area contributed by atoms with E-state index in [4.69, 9.17) is 9.47 Å². The lowest BCUT2D eigenvalue weighted by atomic mass is 10.2. The van der Waals surface area contributed by atoms with Gasteiger partial charge in [-0.15, -0.1) is 0 Å². The van der Waals surface area contributed by atoms with E-state index in [0.29, 0.717) is 22.9 Å². The number of methoxy groups -OCH3 is 1. The highest BCUT2D eigenvalue weighted by atomic mass is 19.1. The smallest absolute Gasteiger partial charge is 0.259 e. The molecular weight excluding hydrogens is 335 g/mol. The van der Waals surface area contributed by atoms with Crippen LogP contribution < -0.4 is 14.8 Å². The summed E-state index contributed by atoms with van der Waals surface area (Å²) in [4.78, 5) is 16.6. The van der Waals surface area contributed by atoms with E-state index in [9.17, 15) is 9.18 Å². The highest BCUT2D eigenvalue weighted by Gasteiger charge is 2.13. The van der Waals surface area contributed by atoms with E-state index in [1.165, 1.54) is 25.4 Å². The summed E-state index contributed by atoms with van der Waals surface area (Å²) in [5.74, 6) is 0.287. The molecule has 1 amide bonds. The summed E-state index contributed by atoms with van der Waals surface area (Å²) >= 11 is 0. The minimum atomic E-state index is -0.313. The Bertz CT molecular complexity index is 880. The average molecular weight is 352 g/mol. The molecule has 0 aliphatic carbocycles. The van der Waals surface area contributed by atoms with Gasteiger partial charge in [-0.2, -0.15) is 0 Å². The number of anilines is 1. The lowest BCUT2D eigenvalue weighted by Gasteiger charge is -2.12. The maximum absolute atomic E-state index is 13.0. The van der Waals surface area contributed by atoms with Crippen molar-refractivity contribution in [2.75, 3.05) is 12.4 Å². The minimum absolute atomic E-state index is 0.231. The zero-order chi connectivity index (χ0) is 18.4. The van der Waals surface area contributed by atoms with Crippen LogP contribution in [0.2, 0.25) is 0 Å². The summed E-state index contributed by atoms with van der Waals surface area (Å²) < 4.78 is 23.7. The van der Waals surface area contributed by atoms with Crippen LogP contribution in [-0.4, -0.2) is 18.0 Å². The fraction of sp³-hybridized carbons (Fsp3) is 0.100. The molecule has 0 unspecified atom stereocenters. The summed E-state index contributed by atoms with van der Waals surface area (Å²) in [5.41, 5.74) is 1.75. The Morgan fingerprint density at radius 1 is 1.08 bits per heavy atom. The fourth-order valence-corrected chi connectivity index (χ4v) is 2.30. The SMILES string of the molecule is COc1ccc(NC(=O)c2ccccc2OCc2ccc(F)cc2)cn1. The number of benzene rings is 2. The van der Waals surface area contributed by atoms with Crippen LogP contribution in [0.1, 0.15) is 15.9 Å². The van der Waals surface area contributed by atoms with Crippen molar-refractivity contribution in [2.45, 2.75) is 6.61 Å². The van der Waals surface area contributed by atoms with Crippen molar-refractivity contribution in [3.63, 3.8) is 0 Å². The lowest BCUT2D eigenvalue weighted by molar-refractivity contribution is 0.102. The molecule has 3 aromatic rings. The van der Waals surface area contributed by atoms with Gasteiger partial charge in [-0.05, 0) is 35.9 Å². The third-order valence-corrected chi connectivity index (χ3v) is 3.64. The predicted octanol–water partition coefficient (Wildman–Crippen LogP) is 4.06. The second-order valence-corrected chi connectivity index (χ2v) is 5.45. The molecule has 6 heteroatoms. The first-order chi connectivity index (χ1) is 12.7. The molecule has 0 bridgehead atoms. The molecule has 0 saturated carbocycles. The monoisotopic (exact) mass is 352 g/mol. The summed E-state index contributed by atoms with van der Waals surface area (Å²) in [7, 11) is 1.52. The summed E-state index contributed by atoms with van der Waals surface area (Å²) in [6.45, 7) is 0.231. The van der Waals surface area contributed by atoms with Crippen molar-refractivity contribution in [1.29, 1.82) is 0 Å². The molecule has 1 heterocycles. The number of aromatic nitrogens is 1. The molecule has 1 aromatic heterocycles. The summed E-state index contributed by atoms with van der Waals surface area (Å²) in [5, 5.41) is 2.77. The Morgan fingerprint density at radius 2 is 1.85 bits per heavy atom. The van der Waals surface area contributed by atoms with Crippen LogP contribution >= 0.6 is 0 Å². The first-order valence-corrected chi connectivity index (χ1v) is 7.93. The van der Waals surface area contributed by atoms with Crippen molar-refractivity contribution in [2.24, 2.45) is 0 Å². The summed E-state index contributed by atoms with van der Waals surface area (Å²) in [6, 6.07) is 16.3. The van der Waals surface area contributed by atoms with Gasteiger partial charge in [0.05, 0.1) is 24.6 Å².